The molecule has 0 unspecified atom stereocenters. The van der Waals surface area contributed by atoms with Gasteiger partial charge in [-0.1, -0.05) is 12.7 Å². The molecular formula is C22H32F4N2O4. The predicted molar refractivity (Wildman–Crippen MR) is 117 cm³/mol. The van der Waals surface area contributed by atoms with Crippen LogP contribution in [0.1, 0.15) is 25.3 Å². The topological polar surface area (TPSA) is 82.3 Å². The van der Waals surface area contributed by atoms with Crippen molar-refractivity contribution in [2.75, 3.05) is 51.8 Å². The molecule has 0 atom stereocenters. The molecule has 0 aliphatic carbocycles. The minimum Gasteiger partial charge on any atom is -0.412 e. The Balaban J connectivity index is 0.00000148. The van der Waals surface area contributed by atoms with Gasteiger partial charge in [0.25, 0.3) is 0 Å². The van der Waals surface area contributed by atoms with Crippen LogP contribution in [0.5, 0.6) is 0 Å². The van der Waals surface area contributed by atoms with Gasteiger partial charge in [0.1, 0.15) is 24.9 Å². The van der Waals surface area contributed by atoms with Gasteiger partial charge in [-0.05, 0) is 49.1 Å². The van der Waals surface area contributed by atoms with E-state index in [1.54, 1.807) is 6.07 Å². The largest absolute Gasteiger partial charge is 0.412 e. The fourth-order valence-electron chi connectivity index (χ4n) is 3.06. The Labute approximate surface area is 186 Å². The number of carbonyl (C=O) groups is 1. The molecule has 6 nitrogen and oxygen atoms in total. The van der Waals surface area contributed by atoms with E-state index in [0.717, 1.165) is 24.2 Å². The van der Waals surface area contributed by atoms with Crippen LogP contribution in [0.4, 0.5) is 23.2 Å². The highest BCUT2D eigenvalue weighted by Crippen LogP contribution is 2.29. The van der Waals surface area contributed by atoms with Crippen molar-refractivity contribution < 1.29 is 37.4 Å². The molecule has 0 radical (unpaired) electrons. The molecule has 32 heavy (non-hydrogen) atoms. The van der Waals surface area contributed by atoms with Gasteiger partial charge < -0.3 is 20.3 Å². The summed E-state index contributed by atoms with van der Waals surface area (Å²) in [6.07, 6.45) is 3.29. The Morgan fingerprint density at radius 3 is 2.44 bits per heavy atom. The maximum atomic E-state index is 14.3. The number of benzene rings is 1. The van der Waals surface area contributed by atoms with Crippen molar-refractivity contribution in [2.24, 2.45) is 0 Å². The molecule has 10 heteroatoms. The number of rotatable bonds is 8. The first kappa shape index (κ1) is 29.7. The molecule has 0 saturated carbocycles. The number of nitrogens with zero attached hydrogens (tertiary/aromatic N) is 1. The molecule has 3 rings (SSSR count). The molecular weight excluding hydrogens is 432 g/mol. The fraction of sp³-hybridized carbons (Fsp3) is 0.500. The summed E-state index contributed by atoms with van der Waals surface area (Å²) in [5.41, 5.74) is 2.74. The van der Waals surface area contributed by atoms with Gasteiger partial charge in [0.2, 0.25) is 6.93 Å². The number of anilines is 1. The Kier molecular flexibility index (Phi) is 14.4. The Morgan fingerprint density at radius 1 is 1.28 bits per heavy atom. The third-order valence-corrected chi connectivity index (χ3v) is 4.65. The zero-order valence-electron chi connectivity index (χ0n) is 18.3. The molecule has 0 aromatic heterocycles. The normalized spacial score (nSPS) is 16.6. The second-order valence-electron chi connectivity index (χ2n) is 7.26. The van der Waals surface area contributed by atoms with Crippen LogP contribution in [0.2, 0.25) is 0 Å². The van der Waals surface area contributed by atoms with Crippen molar-refractivity contribution in [1.82, 2.24) is 5.06 Å². The second-order valence-corrected chi connectivity index (χ2v) is 7.26. The number of carbonyl (C=O) groups excluding carboxylic acids is 1. The highest BCUT2D eigenvalue weighted by Gasteiger charge is 2.37. The van der Waals surface area contributed by atoms with Gasteiger partial charge in [0, 0.05) is 30.9 Å². The quantitative estimate of drug-likeness (QED) is 0.467. The summed E-state index contributed by atoms with van der Waals surface area (Å²) in [4.78, 5) is 14.0. The highest BCUT2D eigenvalue weighted by molar-refractivity contribution is 5.70. The molecule has 1 saturated heterocycles. The third-order valence-electron chi connectivity index (χ3n) is 4.65. The molecule has 1 aromatic carbocycles. The minimum absolute atomic E-state index is 0. The minimum atomic E-state index is -1.75. The van der Waals surface area contributed by atoms with E-state index in [-0.39, 0.29) is 16.9 Å². The maximum absolute atomic E-state index is 14.3. The van der Waals surface area contributed by atoms with E-state index in [0.29, 0.717) is 43.9 Å². The first-order chi connectivity index (χ1) is 14.9. The zero-order valence-corrected chi connectivity index (χ0v) is 18.3. The van der Waals surface area contributed by atoms with Crippen LogP contribution < -0.4 is 5.32 Å². The van der Waals surface area contributed by atoms with Crippen LogP contribution in [0.15, 0.2) is 36.4 Å². The van der Waals surface area contributed by atoms with Gasteiger partial charge in [0.15, 0.2) is 0 Å². The Morgan fingerprint density at radius 2 is 1.94 bits per heavy atom. The SMILES string of the molecule is C=C(CF)CCNc1ccc(F)c(C2=CCN(OC3(C)COC3)CC2)c1.C=O.FCF.O. The van der Waals surface area contributed by atoms with E-state index >= 15 is 0 Å². The number of nitrogens with one attached hydrogen (secondary N) is 1. The van der Waals surface area contributed by atoms with E-state index in [4.69, 9.17) is 14.4 Å². The van der Waals surface area contributed by atoms with E-state index in [9.17, 15) is 17.6 Å². The fourth-order valence-corrected chi connectivity index (χ4v) is 3.06. The average Bonchev–Trinajstić information content (AvgIpc) is 2.76. The van der Waals surface area contributed by atoms with Gasteiger partial charge in [-0.15, -0.1) is 0 Å². The van der Waals surface area contributed by atoms with Crippen molar-refractivity contribution in [1.29, 1.82) is 0 Å². The van der Waals surface area contributed by atoms with Crippen LogP contribution in [0, 0.1) is 5.82 Å². The van der Waals surface area contributed by atoms with Gasteiger partial charge in [0.05, 0.1) is 13.2 Å². The number of hydrogen-bond acceptors (Lipinski definition) is 5. The highest BCUT2D eigenvalue weighted by atomic mass is 19.3. The van der Waals surface area contributed by atoms with Gasteiger partial charge in [-0.25, -0.2) is 17.6 Å². The average molecular weight is 465 g/mol. The Hall–Kier alpha value is -2.27. The van der Waals surface area contributed by atoms with Gasteiger partial charge >= 0.3 is 0 Å². The first-order valence-electron chi connectivity index (χ1n) is 9.79. The summed E-state index contributed by atoms with van der Waals surface area (Å²) in [5, 5.41) is 5.11. The van der Waals surface area contributed by atoms with Gasteiger partial charge in [-0.2, -0.15) is 5.06 Å². The molecule has 0 amide bonds. The van der Waals surface area contributed by atoms with E-state index < -0.39 is 13.6 Å². The molecule has 2 aliphatic rings. The maximum Gasteiger partial charge on any atom is 0.229 e. The lowest BCUT2D eigenvalue weighted by Crippen LogP contribution is -2.53. The predicted octanol–water partition coefficient (Wildman–Crippen LogP) is 3.84. The molecule has 3 N–H and O–H groups in total. The lowest BCUT2D eigenvalue weighted by atomic mass is 9.99. The zero-order chi connectivity index (χ0) is 23.3. The van der Waals surface area contributed by atoms with Crippen molar-refractivity contribution in [3.63, 3.8) is 0 Å². The monoisotopic (exact) mass is 464 g/mol. The summed E-state index contributed by atoms with van der Waals surface area (Å²) in [6, 6.07) is 4.99. The van der Waals surface area contributed by atoms with Crippen LogP contribution >= 0.6 is 0 Å². The summed E-state index contributed by atoms with van der Waals surface area (Å²) >= 11 is 0. The van der Waals surface area contributed by atoms with E-state index in [1.807, 2.05) is 30.9 Å². The van der Waals surface area contributed by atoms with E-state index in [1.165, 1.54) is 6.07 Å². The summed E-state index contributed by atoms with van der Waals surface area (Å²) in [7, 11) is 0. The van der Waals surface area contributed by atoms with Crippen molar-refractivity contribution in [2.45, 2.75) is 25.4 Å². The summed E-state index contributed by atoms with van der Waals surface area (Å²) in [5.74, 6) is -0.233. The number of hydrogen-bond donors (Lipinski definition) is 1. The molecule has 1 fully saturated rings. The Bertz CT molecular complexity index is 730. The van der Waals surface area contributed by atoms with Gasteiger partial charge in [-0.3, -0.25) is 4.84 Å². The van der Waals surface area contributed by atoms with Crippen molar-refractivity contribution in [3.8, 4) is 0 Å². The molecule has 1 aromatic rings. The van der Waals surface area contributed by atoms with Crippen LogP contribution in [0.3, 0.4) is 0 Å². The molecule has 0 bridgehead atoms. The summed E-state index contributed by atoms with van der Waals surface area (Å²) < 4.78 is 51.2. The third kappa shape index (κ3) is 9.47. The first-order valence-corrected chi connectivity index (χ1v) is 9.79. The number of hydroxylamine groups is 2. The van der Waals surface area contributed by atoms with Crippen LogP contribution in [-0.4, -0.2) is 69.4 Å². The number of alkyl halides is 3. The molecule has 2 aliphatic heterocycles. The molecule has 0 spiro atoms. The number of ether oxygens (including phenoxy) is 1. The summed E-state index contributed by atoms with van der Waals surface area (Å²) in [6.45, 7) is 8.55. The number of halogens is 4. The smallest absolute Gasteiger partial charge is 0.229 e. The molecule has 2 heterocycles. The van der Waals surface area contributed by atoms with Crippen LogP contribution in [-0.2, 0) is 14.4 Å². The second kappa shape index (κ2) is 15.5. The van der Waals surface area contributed by atoms with Crippen molar-refractivity contribution in [3.05, 3.63) is 47.8 Å². The standard InChI is InChI=1S/C20H26F2N2O2.CH2F2.CH2O.H2O/c1-15(12-21)5-8-23-17-3-4-19(22)18(11-17)16-6-9-24(10-7-16)26-20(2)13-25-14-20;2-1-3;1-2;/h3-4,6,11,23H,1,5,7-10,12-14H2,2H3;1H2;1H2;1H2. The lowest BCUT2D eigenvalue weighted by molar-refractivity contribution is -0.308. The van der Waals surface area contributed by atoms with Crippen molar-refractivity contribution >= 4 is 18.0 Å². The molecule has 182 valence electrons. The van der Waals surface area contributed by atoms with E-state index in [2.05, 4.69) is 11.9 Å². The van der Waals surface area contributed by atoms with Crippen LogP contribution in [0.25, 0.3) is 5.57 Å². The lowest BCUT2D eigenvalue weighted by Gasteiger charge is -2.41.